The Hall–Kier alpha value is 2.71. The summed E-state index contributed by atoms with van der Waals surface area (Å²) in [6.45, 7) is 0. The molecule has 0 spiro atoms. The summed E-state index contributed by atoms with van der Waals surface area (Å²) in [6.07, 6.45) is 0. The predicted molar refractivity (Wildman–Crippen MR) is 6.44 cm³/mol. The molecule has 0 heterocycles. The molecule has 0 aliphatic carbocycles. The van der Waals surface area contributed by atoms with Gasteiger partial charge in [0, 0.05) is 0 Å². The van der Waals surface area contributed by atoms with Gasteiger partial charge in [0.25, 0.3) is 0 Å². The van der Waals surface area contributed by atoms with Gasteiger partial charge in [-0.25, -0.2) is 0 Å². The normalized spacial score (nSPS) is 5.83. The van der Waals surface area contributed by atoms with Crippen molar-refractivity contribution in [3.05, 3.63) is 0 Å². The van der Waals surface area contributed by atoms with E-state index >= 15 is 0 Å². The summed E-state index contributed by atoms with van der Waals surface area (Å²) in [6, 6.07) is 0. The van der Waals surface area contributed by atoms with Crippen LogP contribution < -0.4 is 8.32 Å². The number of hydrogen-bond acceptors (Lipinski definition) is 3. The van der Waals surface area contributed by atoms with E-state index in [0.29, 0.717) is 0 Å². The van der Waals surface area contributed by atoms with Gasteiger partial charge in [-0.05, 0) is 0 Å². The van der Waals surface area contributed by atoms with Crippen LogP contribution in [0.2, 0.25) is 0 Å². The van der Waals surface area contributed by atoms with Crippen molar-refractivity contribution in [2.24, 2.45) is 0 Å². The van der Waals surface area contributed by atoms with Gasteiger partial charge >= 0.3 is 100 Å². The Bertz CT molecular complexity index is 33.8. The molecule has 0 unspecified atom stereocenters. The van der Waals surface area contributed by atoms with Gasteiger partial charge in [-0.2, -0.15) is 0 Å². The van der Waals surface area contributed by atoms with Crippen molar-refractivity contribution in [3.63, 3.8) is 0 Å². The Kier molecular flexibility index (Phi) is 28.2. The van der Waals surface area contributed by atoms with Crippen LogP contribution in [0.15, 0.2) is 0 Å². The molecule has 0 aromatic rings. The van der Waals surface area contributed by atoms with Crippen LogP contribution in [0.25, 0.3) is 0 Å². The van der Waals surface area contributed by atoms with Crippen LogP contribution in [0.3, 0.4) is 0 Å². The molecule has 6 heavy (non-hydrogen) atoms. The molecule has 0 atom stereocenters. The average molecular weight is 279 g/mol. The number of hydrogen-bond donors (Lipinski definition) is 0. The van der Waals surface area contributed by atoms with E-state index in [9.17, 15) is 0 Å². The fraction of sp³-hybridized carbons (Fsp3) is 0. The molecule has 0 saturated heterocycles. The van der Waals surface area contributed by atoms with Crippen LogP contribution in [0, 0.1) is 35.6 Å². The maximum absolute atomic E-state index is 8.54. The third-order valence-corrected chi connectivity index (χ3v) is 0. The van der Waals surface area contributed by atoms with Gasteiger partial charge in [0.05, 0.1) is 0 Å². The van der Waals surface area contributed by atoms with E-state index in [1.54, 1.807) is 0 Å². The van der Waals surface area contributed by atoms with Crippen LogP contribution in [0.4, 0.5) is 0 Å². The van der Waals surface area contributed by atoms with Crippen molar-refractivity contribution in [2.75, 3.05) is 0 Å². The Morgan fingerprint density at radius 2 is 1.33 bits per heavy atom. The minimum atomic E-state index is -3.79. The summed E-state index contributed by atoms with van der Waals surface area (Å²) < 4.78 is 25.6. The molecule has 0 aromatic carbocycles. The van der Waals surface area contributed by atoms with E-state index in [-0.39, 0.29) is 73.3 Å². The van der Waals surface area contributed by atoms with Crippen LogP contribution in [-0.2, 0) is 18.6 Å². The van der Waals surface area contributed by atoms with Gasteiger partial charge in [-0.3, -0.25) is 0 Å². The third kappa shape index (κ3) is 29.8. The molecule has 0 fully saturated rings. The first-order valence-corrected chi connectivity index (χ1v) is 2.06. The van der Waals surface area contributed by atoms with Crippen LogP contribution in [0.5, 0.6) is 0 Å². The first-order chi connectivity index (χ1) is 1.73. The second kappa shape index (κ2) is 10.6. The quantitative estimate of drug-likeness (QED) is 0.447. The Morgan fingerprint density at radius 1 is 1.33 bits per heavy atom. The first kappa shape index (κ1) is 15.9. The summed E-state index contributed by atoms with van der Waals surface area (Å²) in [7, 11) is 0. The Balaban J connectivity index is -0.0000000450. The second-order valence-electron chi connectivity index (χ2n) is 0.204. The van der Waals surface area contributed by atoms with Crippen LogP contribution >= 0.6 is 0 Å². The van der Waals surface area contributed by atoms with E-state index in [1.165, 1.54) is 0 Å². The second-order valence-corrected chi connectivity index (χ2v) is 0.842. The molecule has 0 bridgehead atoms. The number of rotatable bonds is 0. The molecular formula is CaCrLaO3+3. The molecule has 0 N–H and O–H groups in total. The van der Waals surface area contributed by atoms with E-state index in [1.807, 2.05) is 0 Å². The molecule has 26 valence electrons. The SMILES string of the molecule is [Ca+2].[La+3].[O]=[Cr]([O-])[O-]. The molecule has 6 heteroatoms. The summed E-state index contributed by atoms with van der Waals surface area (Å²) in [5.41, 5.74) is 0. The van der Waals surface area contributed by atoms with Gasteiger partial charge in [0.15, 0.2) is 0 Å². The zero-order valence-corrected chi connectivity index (χ0v) is 10.0. The van der Waals surface area contributed by atoms with Crippen molar-refractivity contribution in [1.29, 1.82) is 0 Å². The van der Waals surface area contributed by atoms with Crippen molar-refractivity contribution in [2.45, 2.75) is 0 Å². The minimum absolute atomic E-state index is 0. The van der Waals surface area contributed by atoms with Gasteiger partial charge in [-0.15, -0.1) is 0 Å². The van der Waals surface area contributed by atoms with E-state index in [0.717, 1.165) is 0 Å². The summed E-state index contributed by atoms with van der Waals surface area (Å²) in [5.74, 6) is 0. The fourth-order valence-electron chi connectivity index (χ4n) is 0. The summed E-state index contributed by atoms with van der Waals surface area (Å²) in [4.78, 5) is 0. The van der Waals surface area contributed by atoms with Crippen molar-refractivity contribution in [1.82, 2.24) is 0 Å². The monoisotopic (exact) mass is 279 g/mol. The predicted octanol–water partition coefficient (Wildman–Crippen LogP) is -2.88. The van der Waals surface area contributed by atoms with Crippen LogP contribution in [-0.4, -0.2) is 37.7 Å². The summed E-state index contributed by atoms with van der Waals surface area (Å²) >= 11 is -3.79. The fourth-order valence-corrected chi connectivity index (χ4v) is 0. The standard InChI is InChI=1S/Ca.Cr.La.3O/q+2;;+3;;2*-1. The molecule has 0 aromatic heterocycles. The molecule has 0 radical (unpaired) electrons. The molecule has 0 amide bonds. The zero-order chi connectivity index (χ0) is 3.58. The Morgan fingerprint density at radius 3 is 1.33 bits per heavy atom. The molecule has 0 aliphatic rings. The van der Waals surface area contributed by atoms with Gasteiger partial charge < -0.3 is 0 Å². The van der Waals surface area contributed by atoms with Crippen molar-refractivity contribution in [3.8, 4) is 0 Å². The van der Waals surface area contributed by atoms with E-state index in [2.05, 4.69) is 0 Å². The van der Waals surface area contributed by atoms with Gasteiger partial charge in [0.1, 0.15) is 0 Å². The topological polar surface area (TPSA) is 63.2 Å². The molecular weight excluding hydrogens is 279 g/mol. The molecule has 0 saturated carbocycles. The third-order valence-electron chi connectivity index (χ3n) is 0. The molecule has 3 nitrogen and oxygen atoms in total. The van der Waals surface area contributed by atoms with Gasteiger partial charge in [-0.1, -0.05) is 0 Å². The molecule has 0 rings (SSSR count). The zero-order valence-electron chi connectivity index (χ0n) is 2.92. The van der Waals surface area contributed by atoms with Gasteiger partial charge in [0.2, 0.25) is 0 Å². The van der Waals surface area contributed by atoms with E-state index < -0.39 is 14.8 Å². The Labute approximate surface area is 98.0 Å². The van der Waals surface area contributed by atoms with Crippen LogP contribution in [0.1, 0.15) is 0 Å². The summed E-state index contributed by atoms with van der Waals surface area (Å²) in [5, 5.41) is 0. The maximum atomic E-state index is 8.54. The van der Waals surface area contributed by atoms with E-state index in [4.69, 9.17) is 12.1 Å². The first-order valence-electron chi connectivity index (χ1n) is 0.500. The van der Waals surface area contributed by atoms with Crippen molar-refractivity contribution < 1.29 is 62.5 Å². The average Bonchev–Trinajstić information content (AvgIpc) is 0.811. The molecule has 0 aliphatic heterocycles. The van der Waals surface area contributed by atoms with Crippen molar-refractivity contribution >= 4 is 37.7 Å².